The highest BCUT2D eigenvalue weighted by Gasteiger charge is 2.31. The summed E-state index contributed by atoms with van der Waals surface area (Å²) >= 11 is 5.83. The molecule has 3 rings (SSSR count). The Morgan fingerprint density at radius 1 is 1.08 bits per heavy atom. The van der Waals surface area contributed by atoms with Crippen molar-refractivity contribution in [3.63, 3.8) is 0 Å². The monoisotopic (exact) mass is 356 g/mol. The first kappa shape index (κ1) is 16.1. The number of aromatic hydroxyl groups is 1. The number of hydrogen-bond acceptors (Lipinski definition) is 3. The molecule has 0 saturated carbocycles. The van der Waals surface area contributed by atoms with Crippen molar-refractivity contribution in [1.82, 2.24) is 9.55 Å². The number of aromatic nitrogens is 2. The van der Waals surface area contributed by atoms with Crippen molar-refractivity contribution in [2.75, 3.05) is 0 Å². The lowest BCUT2D eigenvalue weighted by Crippen LogP contribution is -2.29. The Morgan fingerprint density at radius 2 is 1.79 bits per heavy atom. The van der Waals surface area contributed by atoms with Gasteiger partial charge >= 0.3 is 11.9 Å². The number of aromatic amines is 1. The standard InChI is InChI=1S/C15H8ClF3N2O3/c16-8-2-4-12(22)11(6-8)21-10-5-7(15(17,18)19)1-3-9(10)13(23)20-14(21)24/h1-6,22H,(H,20,23,24). The van der Waals surface area contributed by atoms with Gasteiger partial charge in [-0.2, -0.15) is 13.2 Å². The third-order valence-electron chi connectivity index (χ3n) is 3.41. The zero-order chi connectivity index (χ0) is 17.6. The molecule has 0 aliphatic heterocycles. The van der Waals surface area contributed by atoms with Crippen molar-refractivity contribution in [2.45, 2.75) is 6.18 Å². The summed E-state index contributed by atoms with van der Waals surface area (Å²) < 4.78 is 39.6. The maximum Gasteiger partial charge on any atom is 0.416 e. The van der Waals surface area contributed by atoms with Gasteiger partial charge in [-0.25, -0.2) is 4.79 Å². The Bertz CT molecular complexity index is 1070. The van der Waals surface area contributed by atoms with Crippen LogP contribution in [0.4, 0.5) is 13.2 Å². The highest BCUT2D eigenvalue weighted by molar-refractivity contribution is 6.30. The van der Waals surface area contributed by atoms with Gasteiger partial charge in [-0.1, -0.05) is 11.6 Å². The molecule has 0 aliphatic rings. The zero-order valence-corrected chi connectivity index (χ0v) is 12.4. The largest absolute Gasteiger partial charge is 0.506 e. The van der Waals surface area contributed by atoms with Crippen molar-refractivity contribution in [3.05, 3.63) is 67.8 Å². The van der Waals surface area contributed by atoms with Crippen LogP contribution < -0.4 is 11.2 Å². The summed E-state index contributed by atoms with van der Waals surface area (Å²) in [6.07, 6.45) is -4.66. The minimum Gasteiger partial charge on any atom is -0.506 e. The molecule has 0 radical (unpaired) electrons. The van der Waals surface area contributed by atoms with Gasteiger partial charge in [0.1, 0.15) is 5.75 Å². The van der Waals surface area contributed by atoms with Crippen LogP contribution in [0.25, 0.3) is 16.6 Å². The van der Waals surface area contributed by atoms with Gasteiger partial charge in [0.05, 0.1) is 22.2 Å². The molecule has 2 aromatic carbocycles. The van der Waals surface area contributed by atoms with Gasteiger partial charge in [0.2, 0.25) is 0 Å². The van der Waals surface area contributed by atoms with E-state index in [1.54, 1.807) is 0 Å². The van der Waals surface area contributed by atoms with E-state index in [1.807, 2.05) is 4.98 Å². The lowest BCUT2D eigenvalue weighted by molar-refractivity contribution is -0.137. The predicted molar refractivity (Wildman–Crippen MR) is 81.8 cm³/mol. The van der Waals surface area contributed by atoms with Crippen molar-refractivity contribution in [2.24, 2.45) is 0 Å². The SMILES string of the molecule is O=c1[nH]c(=O)n(-c2cc(Cl)ccc2O)c2cc(C(F)(F)F)ccc12. The summed E-state index contributed by atoms with van der Waals surface area (Å²) in [7, 11) is 0. The van der Waals surface area contributed by atoms with Gasteiger partial charge in [-0.3, -0.25) is 14.3 Å². The molecular formula is C15H8ClF3N2O3. The molecule has 0 saturated heterocycles. The van der Waals surface area contributed by atoms with E-state index in [0.717, 1.165) is 16.7 Å². The van der Waals surface area contributed by atoms with Crippen LogP contribution in [-0.4, -0.2) is 14.7 Å². The van der Waals surface area contributed by atoms with Crippen LogP contribution in [0.2, 0.25) is 5.02 Å². The highest BCUT2D eigenvalue weighted by Crippen LogP contribution is 2.32. The fraction of sp³-hybridized carbons (Fsp3) is 0.0667. The second-order valence-corrected chi connectivity index (χ2v) is 5.39. The Balaban J connectivity index is 2.49. The average molecular weight is 357 g/mol. The summed E-state index contributed by atoms with van der Waals surface area (Å²) in [6.45, 7) is 0. The topological polar surface area (TPSA) is 75.1 Å². The molecule has 3 aromatic rings. The number of halogens is 4. The predicted octanol–water partition coefficient (Wildman–Crippen LogP) is 3.06. The van der Waals surface area contributed by atoms with Gasteiger partial charge in [-0.05, 0) is 36.4 Å². The van der Waals surface area contributed by atoms with Gasteiger partial charge in [-0.15, -0.1) is 0 Å². The number of fused-ring (bicyclic) bond motifs is 1. The molecule has 0 unspecified atom stereocenters. The van der Waals surface area contributed by atoms with Crippen molar-refractivity contribution in [3.8, 4) is 11.4 Å². The minimum absolute atomic E-state index is 0.137. The molecule has 1 aromatic heterocycles. The van der Waals surface area contributed by atoms with Crippen LogP contribution in [0, 0.1) is 0 Å². The smallest absolute Gasteiger partial charge is 0.416 e. The van der Waals surface area contributed by atoms with E-state index in [1.165, 1.54) is 18.2 Å². The second kappa shape index (κ2) is 5.41. The first-order chi connectivity index (χ1) is 11.2. The molecule has 124 valence electrons. The molecule has 9 heteroatoms. The quantitative estimate of drug-likeness (QED) is 0.703. The van der Waals surface area contributed by atoms with Crippen LogP contribution in [0.15, 0.2) is 46.0 Å². The van der Waals surface area contributed by atoms with Crippen LogP contribution in [-0.2, 0) is 6.18 Å². The van der Waals surface area contributed by atoms with Gasteiger partial charge in [0, 0.05) is 5.02 Å². The molecule has 0 atom stereocenters. The van der Waals surface area contributed by atoms with E-state index >= 15 is 0 Å². The van der Waals surface area contributed by atoms with Gasteiger partial charge in [0.25, 0.3) is 5.56 Å². The van der Waals surface area contributed by atoms with Crippen LogP contribution in [0.1, 0.15) is 5.56 Å². The summed E-state index contributed by atoms with van der Waals surface area (Å²) in [5, 5.41) is 9.95. The van der Waals surface area contributed by atoms with Crippen LogP contribution in [0.5, 0.6) is 5.75 Å². The lowest BCUT2D eigenvalue weighted by atomic mass is 10.1. The number of phenolic OH excluding ortho intramolecular Hbond substituents is 1. The van der Waals surface area contributed by atoms with E-state index in [4.69, 9.17) is 11.6 Å². The van der Waals surface area contributed by atoms with Crippen LogP contribution >= 0.6 is 11.6 Å². The van der Waals surface area contributed by atoms with E-state index in [9.17, 15) is 27.9 Å². The number of H-pyrrole nitrogens is 1. The first-order valence-electron chi connectivity index (χ1n) is 6.53. The van der Waals surface area contributed by atoms with Gasteiger partial charge in [0.15, 0.2) is 0 Å². The van der Waals surface area contributed by atoms with Crippen LogP contribution in [0.3, 0.4) is 0 Å². The van der Waals surface area contributed by atoms with E-state index in [0.29, 0.717) is 6.07 Å². The van der Waals surface area contributed by atoms with Crippen molar-refractivity contribution < 1.29 is 18.3 Å². The number of benzene rings is 2. The summed E-state index contributed by atoms with van der Waals surface area (Å²) in [6, 6.07) is 6.12. The maximum atomic E-state index is 13.0. The molecule has 2 N–H and O–H groups in total. The zero-order valence-electron chi connectivity index (χ0n) is 11.7. The normalized spacial score (nSPS) is 11.8. The molecule has 0 bridgehead atoms. The molecule has 24 heavy (non-hydrogen) atoms. The number of nitrogens with zero attached hydrogens (tertiary/aromatic N) is 1. The Hall–Kier alpha value is -2.74. The molecule has 0 aliphatic carbocycles. The molecule has 1 heterocycles. The summed E-state index contributed by atoms with van der Waals surface area (Å²) in [5.41, 5.74) is -3.30. The molecule has 0 fully saturated rings. The van der Waals surface area contributed by atoms with Crippen molar-refractivity contribution in [1.29, 1.82) is 0 Å². The van der Waals surface area contributed by atoms with Crippen molar-refractivity contribution >= 4 is 22.5 Å². The van der Waals surface area contributed by atoms with Gasteiger partial charge < -0.3 is 5.11 Å². The Kier molecular flexibility index (Phi) is 3.64. The number of phenols is 1. The third-order valence-corrected chi connectivity index (χ3v) is 3.65. The molecule has 0 amide bonds. The molecular weight excluding hydrogens is 349 g/mol. The molecule has 0 spiro atoms. The number of hydrogen-bond donors (Lipinski definition) is 2. The Labute approximate surface area is 136 Å². The fourth-order valence-corrected chi connectivity index (χ4v) is 2.50. The second-order valence-electron chi connectivity index (χ2n) is 4.96. The van der Waals surface area contributed by atoms with E-state index in [2.05, 4.69) is 0 Å². The Morgan fingerprint density at radius 3 is 2.46 bits per heavy atom. The number of rotatable bonds is 1. The highest BCUT2D eigenvalue weighted by atomic mass is 35.5. The van der Waals surface area contributed by atoms with E-state index in [-0.39, 0.29) is 27.4 Å². The summed E-state index contributed by atoms with van der Waals surface area (Å²) in [5.74, 6) is -0.382. The molecule has 5 nitrogen and oxygen atoms in total. The first-order valence-corrected chi connectivity index (χ1v) is 6.91. The maximum absolute atomic E-state index is 13.0. The fourth-order valence-electron chi connectivity index (χ4n) is 2.33. The number of nitrogens with one attached hydrogen (secondary N) is 1. The lowest BCUT2D eigenvalue weighted by Gasteiger charge is -2.13. The average Bonchev–Trinajstić information content (AvgIpc) is 2.49. The number of alkyl halides is 3. The van der Waals surface area contributed by atoms with E-state index < -0.39 is 23.0 Å². The third kappa shape index (κ3) is 2.65. The minimum atomic E-state index is -4.66. The summed E-state index contributed by atoms with van der Waals surface area (Å²) in [4.78, 5) is 26.0.